The highest BCUT2D eigenvalue weighted by Gasteiger charge is 2.21. The molecule has 1 amide bonds. The molecule has 0 bridgehead atoms. The van der Waals surface area contributed by atoms with Gasteiger partial charge in [0.05, 0.1) is 13.0 Å². The van der Waals surface area contributed by atoms with Gasteiger partial charge in [-0.25, -0.2) is 4.98 Å². The summed E-state index contributed by atoms with van der Waals surface area (Å²) in [5.74, 6) is 0.0344. The minimum Gasteiger partial charge on any atom is -0.304 e. The molecule has 0 unspecified atom stereocenters. The van der Waals surface area contributed by atoms with Crippen LogP contribution in [0.1, 0.15) is 21.7 Å². The predicted molar refractivity (Wildman–Crippen MR) is 99.4 cm³/mol. The molecule has 0 aliphatic carbocycles. The van der Waals surface area contributed by atoms with Crippen molar-refractivity contribution in [2.24, 2.45) is 0 Å². The lowest BCUT2D eigenvalue weighted by Crippen LogP contribution is -2.37. The van der Waals surface area contributed by atoms with E-state index in [1.807, 2.05) is 31.2 Å². The Hall–Kier alpha value is -2.99. The van der Waals surface area contributed by atoms with Crippen molar-refractivity contribution in [3.05, 3.63) is 76.8 Å². The minimum atomic E-state index is -0.243. The van der Waals surface area contributed by atoms with Gasteiger partial charge in [0.15, 0.2) is 5.78 Å². The third-order valence-electron chi connectivity index (χ3n) is 3.90. The molecular formula is C19H17ClN4O2. The van der Waals surface area contributed by atoms with E-state index in [1.165, 1.54) is 11.2 Å². The number of nitrogens with zero attached hydrogens (tertiary/aromatic N) is 3. The molecule has 1 aromatic heterocycles. The fraction of sp³-hybridized carbons (Fsp3) is 0.158. The molecule has 6 nitrogen and oxygen atoms in total. The number of Topliss-reactive ketones (excluding diaryl/α,β-unsaturated/α-hetero) is 1. The minimum absolute atomic E-state index is 0.0295. The molecule has 0 saturated heterocycles. The van der Waals surface area contributed by atoms with Crippen LogP contribution in [0.2, 0.25) is 5.02 Å². The molecule has 2 aromatic carbocycles. The van der Waals surface area contributed by atoms with Gasteiger partial charge >= 0.3 is 0 Å². The molecule has 1 N–H and O–H groups in total. The molecule has 7 heteroatoms. The average molecular weight is 369 g/mol. The predicted octanol–water partition coefficient (Wildman–Crippen LogP) is 3.23. The smallest absolute Gasteiger partial charge is 0.235 e. The number of ketones is 1. The largest absolute Gasteiger partial charge is 0.304 e. The third kappa shape index (κ3) is 4.34. The summed E-state index contributed by atoms with van der Waals surface area (Å²) in [6, 6.07) is 14.1. The number of aromatic amines is 1. The molecule has 3 aromatic rings. The SMILES string of the molecule is Cc1ccc(N(CC(=O)c2ccc(Cl)cc2)C(=O)Cc2ncn[nH]2)cc1. The second-order valence-electron chi connectivity index (χ2n) is 5.85. The summed E-state index contributed by atoms with van der Waals surface area (Å²) in [4.78, 5) is 30.9. The van der Waals surface area contributed by atoms with Crippen LogP contribution in [0.15, 0.2) is 54.9 Å². The number of nitrogens with one attached hydrogen (secondary N) is 1. The first-order chi connectivity index (χ1) is 12.5. The Labute approximate surface area is 155 Å². The van der Waals surface area contributed by atoms with Crippen molar-refractivity contribution < 1.29 is 9.59 Å². The molecular weight excluding hydrogens is 352 g/mol. The van der Waals surface area contributed by atoms with E-state index < -0.39 is 0 Å². The van der Waals surface area contributed by atoms with Gasteiger partial charge in [0.25, 0.3) is 0 Å². The first kappa shape index (κ1) is 17.8. The van der Waals surface area contributed by atoms with Gasteiger partial charge in [-0.05, 0) is 43.3 Å². The van der Waals surface area contributed by atoms with E-state index in [2.05, 4.69) is 15.2 Å². The third-order valence-corrected chi connectivity index (χ3v) is 4.15. The van der Waals surface area contributed by atoms with Crippen LogP contribution in [0.4, 0.5) is 5.69 Å². The Kier molecular flexibility index (Phi) is 5.43. The number of aromatic nitrogens is 3. The topological polar surface area (TPSA) is 79.0 Å². The molecule has 0 atom stereocenters. The average Bonchev–Trinajstić information content (AvgIpc) is 3.14. The second kappa shape index (κ2) is 7.93. The quantitative estimate of drug-likeness (QED) is 0.677. The Morgan fingerprint density at radius 3 is 2.38 bits per heavy atom. The summed E-state index contributed by atoms with van der Waals surface area (Å²) < 4.78 is 0. The van der Waals surface area contributed by atoms with E-state index in [9.17, 15) is 9.59 Å². The molecule has 0 aliphatic rings. The summed E-state index contributed by atoms with van der Waals surface area (Å²) in [5, 5.41) is 6.97. The van der Waals surface area contributed by atoms with E-state index in [-0.39, 0.29) is 24.7 Å². The van der Waals surface area contributed by atoms with Crippen LogP contribution in [0.25, 0.3) is 0 Å². The lowest BCUT2D eigenvalue weighted by Gasteiger charge is -2.22. The number of halogens is 1. The van der Waals surface area contributed by atoms with Crippen molar-refractivity contribution in [1.82, 2.24) is 15.2 Å². The summed E-state index contributed by atoms with van der Waals surface area (Å²) in [5.41, 5.74) is 2.22. The summed E-state index contributed by atoms with van der Waals surface area (Å²) in [6.07, 6.45) is 1.37. The number of amides is 1. The van der Waals surface area contributed by atoms with E-state index in [0.717, 1.165) is 5.56 Å². The van der Waals surface area contributed by atoms with Crippen molar-refractivity contribution in [1.29, 1.82) is 0 Å². The van der Waals surface area contributed by atoms with Crippen LogP contribution in [0, 0.1) is 6.92 Å². The van der Waals surface area contributed by atoms with Gasteiger partial charge in [-0.2, -0.15) is 5.10 Å². The fourth-order valence-electron chi connectivity index (χ4n) is 2.47. The van der Waals surface area contributed by atoms with Gasteiger partial charge in [-0.1, -0.05) is 29.3 Å². The highest BCUT2D eigenvalue weighted by atomic mass is 35.5. The maximum absolute atomic E-state index is 12.8. The number of carbonyl (C=O) groups is 2. The number of aryl methyl sites for hydroxylation is 1. The zero-order valence-corrected chi connectivity index (χ0v) is 14.9. The molecule has 3 rings (SSSR count). The lowest BCUT2D eigenvalue weighted by molar-refractivity contribution is -0.118. The van der Waals surface area contributed by atoms with Gasteiger partial charge in [0.1, 0.15) is 12.2 Å². The first-order valence-electron chi connectivity index (χ1n) is 8.03. The Morgan fingerprint density at radius 1 is 1.08 bits per heavy atom. The molecule has 0 spiro atoms. The van der Waals surface area contributed by atoms with Crippen LogP contribution < -0.4 is 4.90 Å². The van der Waals surface area contributed by atoms with Gasteiger partial charge in [-0.15, -0.1) is 0 Å². The monoisotopic (exact) mass is 368 g/mol. The Balaban J connectivity index is 1.84. The van der Waals surface area contributed by atoms with Crippen molar-refractivity contribution >= 4 is 29.0 Å². The van der Waals surface area contributed by atoms with E-state index in [1.54, 1.807) is 24.3 Å². The number of carbonyl (C=O) groups excluding carboxylic acids is 2. The second-order valence-corrected chi connectivity index (χ2v) is 6.29. The number of hydrogen-bond donors (Lipinski definition) is 1. The van der Waals surface area contributed by atoms with Gasteiger partial charge < -0.3 is 4.90 Å². The van der Waals surface area contributed by atoms with E-state index in [0.29, 0.717) is 22.1 Å². The van der Waals surface area contributed by atoms with Crippen LogP contribution in [0.3, 0.4) is 0 Å². The summed E-state index contributed by atoms with van der Waals surface area (Å²) in [7, 11) is 0. The molecule has 0 fully saturated rings. The highest BCUT2D eigenvalue weighted by Crippen LogP contribution is 2.18. The standard InChI is InChI=1S/C19H17ClN4O2/c1-13-2-8-16(9-3-13)24(19(26)10-18-21-12-22-23-18)11-17(25)14-4-6-15(20)7-5-14/h2-9,12H,10-11H2,1H3,(H,21,22,23). The fourth-order valence-corrected chi connectivity index (χ4v) is 2.60. The lowest BCUT2D eigenvalue weighted by atomic mass is 10.1. The van der Waals surface area contributed by atoms with Crippen LogP contribution in [-0.2, 0) is 11.2 Å². The van der Waals surface area contributed by atoms with Crippen molar-refractivity contribution in [2.45, 2.75) is 13.3 Å². The zero-order valence-electron chi connectivity index (χ0n) is 14.1. The van der Waals surface area contributed by atoms with Crippen LogP contribution >= 0.6 is 11.6 Å². The number of benzene rings is 2. The number of H-pyrrole nitrogens is 1. The molecule has 132 valence electrons. The first-order valence-corrected chi connectivity index (χ1v) is 8.41. The van der Waals surface area contributed by atoms with E-state index >= 15 is 0 Å². The molecule has 0 radical (unpaired) electrons. The molecule has 26 heavy (non-hydrogen) atoms. The van der Waals surface area contributed by atoms with Crippen LogP contribution in [0.5, 0.6) is 0 Å². The van der Waals surface area contributed by atoms with Gasteiger partial charge in [0, 0.05) is 16.3 Å². The van der Waals surface area contributed by atoms with Crippen LogP contribution in [-0.4, -0.2) is 33.4 Å². The number of anilines is 1. The zero-order chi connectivity index (χ0) is 18.5. The Bertz CT molecular complexity index is 890. The van der Waals surface area contributed by atoms with Crippen molar-refractivity contribution in [2.75, 3.05) is 11.4 Å². The van der Waals surface area contributed by atoms with Crippen molar-refractivity contribution in [3.63, 3.8) is 0 Å². The maximum atomic E-state index is 12.8. The van der Waals surface area contributed by atoms with E-state index in [4.69, 9.17) is 11.6 Å². The van der Waals surface area contributed by atoms with Gasteiger partial charge in [-0.3, -0.25) is 14.7 Å². The highest BCUT2D eigenvalue weighted by molar-refractivity contribution is 6.30. The molecule has 1 heterocycles. The molecule has 0 saturated carbocycles. The molecule has 0 aliphatic heterocycles. The summed E-state index contributed by atoms with van der Waals surface area (Å²) in [6.45, 7) is 1.89. The number of rotatable bonds is 6. The summed E-state index contributed by atoms with van der Waals surface area (Å²) >= 11 is 5.87. The van der Waals surface area contributed by atoms with Crippen molar-refractivity contribution in [3.8, 4) is 0 Å². The Morgan fingerprint density at radius 2 is 1.77 bits per heavy atom. The maximum Gasteiger partial charge on any atom is 0.235 e. The van der Waals surface area contributed by atoms with Gasteiger partial charge in [0.2, 0.25) is 5.91 Å². The normalized spacial score (nSPS) is 10.5. The number of hydrogen-bond acceptors (Lipinski definition) is 4.